The van der Waals surface area contributed by atoms with Crippen LogP contribution >= 0.6 is 11.3 Å². The number of aliphatic hydroxyl groups excluding tert-OH is 1. The van der Waals surface area contributed by atoms with Gasteiger partial charge in [-0.3, -0.25) is 4.79 Å². The van der Waals surface area contributed by atoms with Gasteiger partial charge < -0.3 is 10.4 Å². The van der Waals surface area contributed by atoms with E-state index in [-0.39, 0.29) is 17.9 Å². The summed E-state index contributed by atoms with van der Waals surface area (Å²) >= 11 is 1.57. The van der Waals surface area contributed by atoms with E-state index in [1.54, 1.807) is 11.3 Å². The van der Waals surface area contributed by atoms with E-state index in [1.807, 2.05) is 6.07 Å². The van der Waals surface area contributed by atoms with E-state index < -0.39 is 0 Å². The predicted octanol–water partition coefficient (Wildman–Crippen LogP) is 2.51. The molecule has 1 heterocycles. The van der Waals surface area contributed by atoms with Crippen LogP contribution in [0, 0.1) is 12.3 Å². The highest BCUT2D eigenvalue weighted by Crippen LogP contribution is 2.44. The van der Waals surface area contributed by atoms with Crippen molar-refractivity contribution in [1.82, 2.24) is 5.32 Å². The molecule has 1 aliphatic rings. The van der Waals surface area contributed by atoms with Gasteiger partial charge in [-0.1, -0.05) is 13.3 Å². The van der Waals surface area contributed by atoms with E-state index in [4.69, 9.17) is 0 Å². The molecular formula is C14H21NO2S. The van der Waals surface area contributed by atoms with Crippen molar-refractivity contribution < 1.29 is 9.90 Å². The molecule has 0 bridgehead atoms. The van der Waals surface area contributed by atoms with E-state index in [0.29, 0.717) is 6.54 Å². The summed E-state index contributed by atoms with van der Waals surface area (Å²) in [6, 6.07) is 2.01. The first kappa shape index (κ1) is 13.6. The minimum Gasteiger partial charge on any atom is -0.396 e. The fourth-order valence-corrected chi connectivity index (χ4v) is 3.06. The third kappa shape index (κ3) is 2.93. The Morgan fingerprint density at radius 2 is 2.28 bits per heavy atom. The predicted molar refractivity (Wildman–Crippen MR) is 74.1 cm³/mol. The number of thiophene rings is 1. The molecular weight excluding hydrogens is 246 g/mol. The van der Waals surface area contributed by atoms with Gasteiger partial charge in [0.05, 0.1) is 11.5 Å². The zero-order valence-corrected chi connectivity index (χ0v) is 11.9. The number of rotatable bonds is 6. The molecule has 1 aliphatic carbocycles. The molecule has 2 rings (SSSR count). The Kier molecular flexibility index (Phi) is 4.07. The Morgan fingerprint density at radius 3 is 2.83 bits per heavy atom. The SMILES string of the molecule is CCCc1cc(C(=O)NCC2(CO)CC2)sc1C. The van der Waals surface area contributed by atoms with E-state index in [9.17, 15) is 9.90 Å². The van der Waals surface area contributed by atoms with Gasteiger partial charge in [-0.25, -0.2) is 0 Å². The molecule has 2 N–H and O–H groups in total. The summed E-state index contributed by atoms with van der Waals surface area (Å²) in [6.07, 6.45) is 4.19. The largest absolute Gasteiger partial charge is 0.396 e. The van der Waals surface area contributed by atoms with Crippen LogP contribution in [-0.2, 0) is 6.42 Å². The highest BCUT2D eigenvalue weighted by Gasteiger charge is 2.42. The molecule has 0 atom stereocenters. The summed E-state index contributed by atoms with van der Waals surface area (Å²) in [7, 11) is 0. The Labute approximate surface area is 112 Å². The van der Waals surface area contributed by atoms with Gasteiger partial charge in [-0.05, 0) is 37.8 Å². The molecule has 18 heavy (non-hydrogen) atoms. The number of carbonyl (C=O) groups excluding carboxylic acids is 1. The van der Waals surface area contributed by atoms with Crippen LogP contribution in [0.15, 0.2) is 6.07 Å². The fraction of sp³-hybridized carbons (Fsp3) is 0.643. The van der Waals surface area contributed by atoms with Crippen LogP contribution in [0.2, 0.25) is 0 Å². The van der Waals surface area contributed by atoms with Crippen molar-refractivity contribution in [2.24, 2.45) is 5.41 Å². The van der Waals surface area contributed by atoms with Gasteiger partial charge in [0.1, 0.15) is 0 Å². The molecule has 1 fully saturated rings. The third-order valence-electron chi connectivity index (χ3n) is 3.68. The van der Waals surface area contributed by atoms with Crippen LogP contribution in [0.4, 0.5) is 0 Å². The molecule has 0 unspecified atom stereocenters. The normalized spacial score (nSPS) is 16.6. The third-order valence-corrected chi connectivity index (χ3v) is 4.77. The van der Waals surface area contributed by atoms with Crippen molar-refractivity contribution in [3.63, 3.8) is 0 Å². The first-order valence-electron chi connectivity index (χ1n) is 6.58. The highest BCUT2D eigenvalue weighted by molar-refractivity contribution is 7.14. The van der Waals surface area contributed by atoms with Crippen LogP contribution in [-0.4, -0.2) is 24.2 Å². The second kappa shape index (κ2) is 5.41. The Morgan fingerprint density at radius 1 is 1.56 bits per heavy atom. The van der Waals surface area contributed by atoms with Gasteiger partial charge in [0.25, 0.3) is 5.91 Å². The topological polar surface area (TPSA) is 49.3 Å². The number of hydrogen-bond donors (Lipinski definition) is 2. The molecule has 1 aromatic rings. The Bertz CT molecular complexity index is 435. The number of amides is 1. The summed E-state index contributed by atoms with van der Waals surface area (Å²) in [6.45, 7) is 5.00. The average Bonchev–Trinajstić information content (AvgIpc) is 3.06. The quantitative estimate of drug-likeness (QED) is 0.832. The maximum Gasteiger partial charge on any atom is 0.261 e. The number of hydrogen-bond acceptors (Lipinski definition) is 3. The molecule has 0 spiro atoms. The van der Waals surface area contributed by atoms with Crippen LogP contribution < -0.4 is 5.32 Å². The fourth-order valence-electron chi connectivity index (χ4n) is 2.07. The summed E-state index contributed by atoms with van der Waals surface area (Å²) in [5.41, 5.74) is 1.27. The number of carbonyl (C=O) groups is 1. The summed E-state index contributed by atoms with van der Waals surface area (Å²) in [4.78, 5) is 14.1. The smallest absolute Gasteiger partial charge is 0.261 e. The minimum atomic E-state index is -0.0196. The number of nitrogens with one attached hydrogen (secondary N) is 1. The van der Waals surface area contributed by atoms with Gasteiger partial charge in [0.2, 0.25) is 0 Å². The van der Waals surface area contributed by atoms with Gasteiger partial charge in [-0.15, -0.1) is 11.3 Å². The number of aliphatic hydroxyl groups is 1. The zero-order chi connectivity index (χ0) is 13.2. The first-order chi connectivity index (χ1) is 8.60. The van der Waals surface area contributed by atoms with Crippen molar-refractivity contribution in [3.8, 4) is 0 Å². The Balaban J connectivity index is 1.94. The van der Waals surface area contributed by atoms with Crippen molar-refractivity contribution in [1.29, 1.82) is 0 Å². The van der Waals surface area contributed by atoms with E-state index in [0.717, 1.165) is 30.6 Å². The van der Waals surface area contributed by atoms with Gasteiger partial charge in [-0.2, -0.15) is 0 Å². The second-order valence-corrected chi connectivity index (χ2v) is 6.54. The van der Waals surface area contributed by atoms with Gasteiger partial charge in [0, 0.05) is 16.8 Å². The summed E-state index contributed by atoms with van der Waals surface area (Å²) in [5.74, 6) is 0.00479. The van der Waals surface area contributed by atoms with Crippen LogP contribution in [0.25, 0.3) is 0 Å². The molecule has 4 heteroatoms. The first-order valence-corrected chi connectivity index (χ1v) is 7.40. The van der Waals surface area contributed by atoms with Crippen molar-refractivity contribution in [2.75, 3.05) is 13.2 Å². The zero-order valence-electron chi connectivity index (χ0n) is 11.1. The van der Waals surface area contributed by atoms with E-state index in [2.05, 4.69) is 19.2 Å². The van der Waals surface area contributed by atoms with Crippen molar-refractivity contribution in [2.45, 2.75) is 39.5 Å². The maximum atomic E-state index is 12.0. The molecule has 0 aromatic carbocycles. The second-order valence-electron chi connectivity index (χ2n) is 5.28. The van der Waals surface area contributed by atoms with Crippen LogP contribution in [0.1, 0.15) is 46.3 Å². The lowest BCUT2D eigenvalue weighted by atomic mass is 10.1. The summed E-state index contributed by atoms with van der Waals surface area (Å²) < 4.78 is 0. The molecule has 100 valence electrons. The highest BCUT2D eigenvalue weighted by atomic mass is 32.1. The molecule has 0 radical (unpaired) electrons. The van der Waals surface area contributed by atoms with Crippen LogP contribution in [0.5, 0.6) is 0 Å². The lowest BCUT2D eigenvalue weighted by molar-refractivity contribution is 0.0939. The molecule has 1 aromatic heterocycles. The standard InChI is InChI=1S/C14H21NO2S/c1-3-4-11-7-12(18-10(11)2)13(17)15-8-14(9-16)5-6-14/h7,16H,3-6,8-9H2,1-2H3,(H,15,17). The van der Waals surface area contributed by atoms with E-state index in [1.165, 1.54) is 10.4 Å². The summed E-state index contributed by atoms with van der Waals surface area (Å²) in [5, 5.41) is 12.2. The van der Waals surface area contributed by atoms with E-state index >= 15 is 0 Å². The monoisotopic (exact) mass is 267 g/mol. The maximum absolute atomic E-state index is 12.0. The van der Waals surface area contributed by atoms with Crippen molar-refractivity contribution >= 4 is 17.2 Å². The number of aryl methyl sites for hydroxylation is 2. The Hall–Kier alpha value is -0.870. The molecule has 3 nitrogen and oxygen atoms in total. The van der Waals surface area contributed by atoms with Gasteiger partial charge >= 0.3 is 0 Å². The average molecular weight is 267 g/mol. The van der Waals surface area contributed by atoms with Gasteiger partial charge in [0.15, 0.2) is 0 Å². The molecule has 1 amide bonds. The lowest BCUT2D eigenvalue weighted by Gasteiger charge is -2.11. The lowest BCUT2D eigenvalue weighted by Crippen LogP contribution is -2.31. The molecule has 0 saturated heterocycles. The van der Waals surface area contributed by atoms with Crippen molar-refractivity contribution in [3.05, 3.63) is 21.4 Å². The minimum absolute atomic E-state index is 0.00479. The molecule has 1 saturated carbocycles. The van der Waals surface area contributed by atoms with Crippen LogP contribution in [0.3, 0.4) is 0 Å². The molecule has 0 aliphatic heterocycles.